The van der Waals surface area contributed by atoms with Crippen LogP contribution in [0.4, 0.5) is 0 Å². The van der Waals surface area contributed by atoms with Crippen LogP contribution < -0.4 is 4.74 Å². The number of piperidine rings is 1. The van der Waals surface area contributed by atoms with Crippen molar-refractivity contribution in [3.05, 3.63) is 54.6 Å². The van der Waals surface area contributed by atoms with E-state index in [1.54, 1.807) is 0 Å². The molecule has 4 rings (SSSR count). The first kappa shape index (κ1) is 16.1. The first-order valence-electron chi connectivity index (χ1n) is 9.00. The number of rotatable bonds is 3. The summed E-state index contributed by atoms with van der Waals surface area (Å²) in [4.78, 5) is 14.6. The molecular weight excluding hydrogens is 310 g/mol. The largest absolute Gasteiger partial charge is 0.426 e. The molecule has 0 atom stereocenters. The Morgan fingerprint density at radius 3 is 2.48 bits per heavy atom. The molecular formula is C22H23NO2. The van der Waals surface area contributed by atoms with Crippen LogP contribution in [0.1, 0.15) is 19.3 Å². The zero-order valence-corrected chi connectivity index (χ0v) is 14.6. The molecule has 0 N–H and O–H groups in total. The summed E-state index contributed by atoms with van der Waals surface area (Å²) >= 11 is 0. The molecule has 3 aromatic rings. The van der Waals surface area contributed by atoms with Crippen LogP contribution in [0.5, 0.6) is 5.75 Å². The highest BCUT2D eigenvalue weighted by Gasteiger charge is 2.20. The monoisotopic (exact) mass is 333 g/mol. The molecule has 0 unspecified atom stereocenters. The van der Waals surface area contributed by atoms with Crippen LogP contribution in [0.25, 0.3) is 21.5 Å². The van der Waals surface area contributed by atoms with Gasteiger partial charge >= 0.3 is 5.97 Å². The van der Waals surface area contributed by atoms with E-state index < -0.39 is 0 Å². The Morgan fingerprint density at radius 2 is 1.68 bits per heavy atom. The van der Waals surface area contributed by atoms with E-state index in [4.69, 9.17) is 4.74 Å². The molecule has 0 spiro atoms. The van der Waals surface area contributed by atoms with Crippen molar-refractivity contribution < 1.29 is 9.53 Å². The van der Waals surface area contributed by atoms with Crippen LogP contribution in [0.15, 0.2) is 54.6 Å². The molecule has 0 aromatic heterocycles. The summed E-state index contributed by atoms with van der Waals surface area (Å²) < 4.78 is 5.65. The third-order valence-corrected chi connectivity index (χ3v) is 5.24. The number of benzene rings is 3. The minimum atomic E-state index is -0.117. The van der Waals surface area contributed by atoms with Crippen LogP contribution in [0, 0.1) is 5.92 Å². The first-order chi connectivity index (χ1) is 12.2. The van der Waals surface area contributed by atoms with Gasteiger partial charge in [0.2, 0.25) is 0 Å². The molecule has 3 nitrogen and oxygen atoms in total. The predicted molar refractivity (Wildman–Crippen MR) is 102 cm³/mol. The summed E-state index contributed by atoms with van der Waals surface area (Å²) in [7, 11) is 2.13. The molecule has 1 aliphatic heterocycles. The van der Waals surface area contributed by atoms with Crippen LogP contribution in [0.2, 0.25) is 0 Å². The molecule has 1 fully saturated rings. The molecule has 1 saturated heterocycles. The van der Waals surface area contributed by atoms with Crippen molar-refractivity contribution in [2.45, 2.75) is 19.3 Å². The average molecular weight is 333 g/mol. The van der Waals surface area contributed by atoms with Crippen molar-refractivity contribution in [3.8, 4) is 5.75 Å². The summed E-state index contributed by atoms with van der Waals surface area (Å²) in [5, 5.41) is 4.68. The Labute approximate surface area is 148 Å². The van der Waals surface area contributed by atoms with Crippen molar-refractivity contribution in [2.75, 3.05) is 20.1 Å². The van der Waals surface area contributed by atoms with Gasteiger partial charge in [0.05, 0.1) is 0 Å². The molecule has 0 radical (unpaired) electrons. The Kier molecular flexibility index (Phi) is 4.41. The smallest absolute Gasteiger partial charge is 0.311 e. The molecule has 0 saturated carbocycles. The Bertz CT molecular complexity index is 910. The fourth-order valence-corrected chi connectivity index (χ4v) is 3.72. The number of ether oxygens (including phenoxy) is 1. The highest BCUT2D eigenvalue weighted by atomic mass is 16.5. The number of carbonyl (C=O) groups excluding carboxylic acids is 1. The lowest BCUT2D eigenvalue weighted by molar-refractivity contribution is -0.135. The van der Waals surface area contributed by atoms with E-state index in [-0.39, 0.29) is 5.97 Å². The predicted octanol–water partition coefficient (Wildman–Crippen LogP) is 4.63. The molecule has 0 bridgehead atoms. The van der Waals surface area contributed by atoms with Crippen molar-refractivity contribution >= 4 is 27.5 Å². The van der Waals surface area contributed by atoms with Gasteiger partial charge in [-0.2, -0.15) is 0 Å². The number of nitrogens with zero attached hydrogens (tertiary/aromatic N) is 1. The quantitative estimate of drug-likeness (QED) is 0.397. The van der Waals surface area contributed by atoms with Gasteiger partial charge in [-0.1, -0.05) is 42.5 Å². The minimum absolute atomic E-state index is 0.117. The maximum atomic E-state index is 12.3. The third-order valence-electron chi connectivity index (χ3n) is 5.24. The van der Waals surface area contributed by atoms with Gasteiger partial charge in [-0.3, -0.25) is 4.79 Å². The van der Waals surface area contributed by atoms with Gasteiger partial charge in [0.15, 0.2) is 0 Å². The maximum absolute atomic E-state index is 12.3. The molecule has 128 valence electrons. The zero-order chi connectivity index (χ0) is 17.2. The van der Waals surface area contributed by atoms with E-state index in [0.29, 0.717) is 18.1 Å². The maximum Gasteiger partial charge on any atom is 0.311 e. The summed E-state index contributed by atoms with van der Waals surface area (Å²) in [6.45, 7) is 2.14. The van der Waals surface area contributed by atoms with Crippen LogP contribution in [-0.2, 0) is 4.79 Å². The molecule has 3 heteroatoms. The van der Waals surface area contributed by atoms with Crippen LogP contribution in [0.3, 0.4) is 0 Å². The number of fused-ring (bicyclic) bond motifs is 3. The topological polar surface area (TPSA) is 29.5 Å². The second-order valence-corrected chi connectivity index (χ2v) is 7.09. The Hall–Kier alpha value is -2.39. The highest BCUT2D eigenvalue weighted by Crippen LogP contribution is 2.29. The van der Waals surface area contributed by atoms with Gasteiger partial charge < -0.3 is 9.64 Å². The van der Waals surface area contributed by atoms with Crippen molar-refractivity contribution in [3.63, 3.8) is 0 Å². The van der Waals surface area contributed by atoms with E-state index in [1.807, 2.05) is 30.3 Å². The number of likely N-dealkylation sites (tertiary alicyclic amines) is 1. The van der Waals surface area contributed by atoms with Crippen LogP contribution >= 0.6 is 0 Å². The first-order valence-corrected chi connectivity index (χ1v) is 9.00. The van der Waals surface area contributed by atoms with E-state index >= 15 is 0 Å². The third kappa shape index (κ3) is 3.52. The zero-order valence-electron chi connectivity index (χ0n) is 14.6. The van der Waals surface area contributed by atoms with Gasteiger partial charge in [0.1, 0.15) is 5.75 Å². The number of esters is 1. The van der Waals surface area contributed by atoms with Crippen molar-refractivity contribution in [1.82, 2.24) is 4.90 Å². The van der Waals surface area contributed by atoms with E-state index in [9.17, 15) is 4.79 Å². The summed E-state index contributed by atoms with van der Waals surface area (Å²) in [5.41, 5.74) is 0. The van der Waals surface area contributed by atoms with Gasteiger partial charge in [-0.15, -0.1) is 0 Å². The lowest BCUT2D eigenvalue weighted by Gasteiger charge is -2.28. The number of hydrogen-bond acceptors (Lipinski definition) is 3. The van der Waals surface area contributed by atoms with Crippen LogP contribution in [-0.4, -0.2) is 31.0 Å². The molecule has 0 aliphatic carbocycles. The number of carbonyl (C=O) groups is 1. The van der Waals surface area contributed by atoms with Gasteiger partial charge in [0, 0.05) is 6.42 Å². The van der Waals surface area contributed by atoms with Crippen molar-refractivity contribution in [1.29, 1.82) is 0 Å². The molecule has 0 amide bonds. The fourth-order valence-electron chi connectivity index (χ4n) is 3.72. The molecule has 1 heterocycles. The molecule has 1 aliphatic rings. The van der Waals surface area contributed by atoms with Crippen molar-refractivity contribution in [2.24, 2.45) is 5.92 Å². The minimum Gasteiger partial charge on any atom is -0.426 e. The normalized spacial score (nSPS) is 16.4. The Morgan fingerprint density at radius 1 is 1.00 bits per heavy atom. The van der Waals surface area contributed by atoms with E-state index in [0.717, 1.165) is 36.7 Å². The molecule has 3 aromatic carbocycles. The average Bonchev–Trinajstić information content (AvgIpc) is 2.63. The standard InChI is InChI=1S/C22H23NO2/c1-23-12-10-16(11-13-23)14-22(24)25-19-9-8-18-7-6-17-4-2-3-5-20(17)21(18)15-19/h2-9,15-16H,10-14H2,1H3. The fraction of sp³-hybridized carbons (Fsp3) is 0.318. The van der Waals surface area contributed by atoms with Gasteiger partial charge in [-0.25, -0.2) is 0 Å². The second kappa shape index (κ2) is 6.85. The van der Waals surface area contributed by atoms with E-state index in [1.165, 1.54) is 10.8 Å². The lowest BCUT2D eigenvalue weighted by Crippen LogP contribution is -2.31. The number of hydrogen-bond donors (Lipinski definition) is 0. The lowest BCUT2D eigenvalue weighted by atomic mass is 9.94. The summed E-state index contributed by atoms with van der Waals surface area (Å²) in [6, 6.07) is 18.5. The van der Waals surface area contributed by atoms with Gasteiger partial charge in [-0.05, 0) is 72.6 Å². The van der Waals surface area contributed by atoms with E-state index in [2.05, 4.69) is 36.2 Å². The SMILES string of the molecule is CN1CCC(CC(=O)Oc2ccc3ccc4ccccc4c3c2)CC1. The highest BCUT2D eigenvalue weighted by molar-refractivity contribution is 6.07. The Balaban J connectivity index is 1.53. The second-order valence-electron chi connectivity index (χ2n) is 7.09. The molecule has 25 heavy (non-hydrogen) atoms. The summed E-state index contributed by atoms with van der Waals surface area (Å²) in [5.74, 6) is 0.973. The van der Waals surface area contributed by atoms with Gasteiger partial charge in [0.25, 0.3) is 0 Å². The summed E-state index contributed by atoms with van der Waals surface area (Å²) in [6.07, 6.45) is 2.67.